The van der Waals surface area contributed by atoms with E-state index in [9.17, 15) is 9.90 Å². The van der Waals surface area contributed by atoms with Crippen LogP contribution >= 0.6 is 0 Å². The van der Waals surface area contributed by atoms with Gasteiger partial charge in [0.1, 0.15) is 0 Å². The molecule has 41 heavy (non-hydrogen) atoms. The summed E-state index contributed by atoms with van der Waals surface area (Å²) < 4.78 is 0. The SMILES string of the molecule is CC(C)=C1C(=O)C(C(C)C)=C1[O-].CC(C)=CC1=C(C)/C(=C/C(C)C)CCC1.CC(C)=CC1=C(C)/C(=C\C(C)C)CC1. The number of hydrogen-bond acceptors (Lipinski definition) is 2. The van der Waals surface area contributed by atoms with Crippen LogP contribution in [0.3, 0.4) is 0 Å². The van der Waals surface area contributed by atoms with E-state index >= 15 is 0 Å². The third-order valence-corrected chi connectivity index (χ3v) is 7.50. The highest BCUT2D eigenvalue weighted by Crippen LogP contribution is 2.34. The molecule has 3 aliphatic rings. The molecule has 0 unspecified atom stereocenters. The highest BCUT2D eigenvalue weighted by Gasteiger charge is 2.29. The number of rotatable bonds is 5. The van der Waals surface area contributed by atoms with Gasteiger partial charge in [-0.1, -0.05) is 88.3 Å². The van der Waals surface area contributed by atoms with E-state index in [1.807, 2.05) is 13.8 Å². The number of Topliss-reactive ketones (excluding diaryl/α,β-unsaturated/α-hetero) is 1. The molecule has 0 spiro atoms. The van der Waals surface area contributed by atoms with Crippen LogP contribution in [-0.4, -0.2) is 5.78 Å². The van der Waals surface area contributed by atoms with Gasteiger partial charge in [0, 0.05) is 5.57 Å². The van der Waals surface area contributed by atoms with E-state index in [1.54, 1.807) is 30.6 Å². The summed E-state index contributed by atoms with van der Waals surface area (Å²) in [7, 11) is 0. The fraction of sp³-hybridized carbons (Fsp3) is 0.564. The van der Waals surface area contributed by atoms with Crippen molar-refractivity contribution in [2.75, 3.05) is 0 Å². The lowest BCUT2D eigenvalue weighted by atomic mass is 9.79. The molecule has 0 amide bonds. The van der Waals surface area contributed by atoms with Crippen molar-refractivity contribution in [3.05, 3.63) is 91.4 Å². The molecular formula is C39H59O2-. The molecule has 0 aromatic carbocycles. The molecule has 0 saturated carbocycles. The third kappa shape index (κ3) is 11.3. The molecule has 3 rings (SSSR count). The van der Waals surface area contributed by atoms with Crippen molar-refractivity contribution in [2.45, 2.75) is 129 Å². The molecule has 0 aromatic rings. The maximum absolute atomic E-state index is 11.3. The quantitative estimate of drug-likeness (QED) is 0.314. The number of hydrogen-bond donors (Lipinski definition) is 0. The van der Waals surface area contributed by atoms with Gasteiger partial charge in [0.15, 0.2) is 5.78 Å². The Bertz CT molecular complexity index is 1200. The normalized spacial score (nSPS) is 19.0. The zero-order chi connectivity index (χ0) is 31.6. The van der Waals surface area contributed by atoms with E-state index in [4.69, 9.17) is 0 Å². The van der Waals surface area contributed by atoms with Crippen molar-refractivity contribution in [3.8, 4) is 0 Å². The molecule has 3 aliphatic carbocycles. The summed E-state index contributed by atoms with van der Waals surface area (Å²) in [5.74, 6) is 1.31. The number of allylic oxidation sites excluding steroid dienone is 15. The molecule has 0 fully saturated rings. The van der Waals surface area contributed by atoms with Gasteiger partial charge in [-0.3, -0.25) is 4.79 Å². The van der Waals surface area contributed by atoms with Crippen molar-refractivity contribution >= 4 is 5.78 Å². The second-order valence-corrected chi connectivity index (χ2v) is 13.6. The standard InChI is InChI=1S/C15H24.C14H22.C10H14O2/c1-11(2)9-14-7-6-8-15(13(14)5)10-12(3)4;1-10(2)8-13-6-7-14(12(13)5)9-11(3)4;1-5(2)7-9(11)8(6(3)4)10(7)12/h9-11H,6-8H2,1-5H3;8-10H,6-7H2,1-5H3;5,11H,1-4H3/p-1/b14-9+;13-8-;. The molecule has 0 heterocycles. The molecule has 0 saturated heterocycles. The molecule has 0 radical (unpaired) electrons. The first-order chi connectivity index (χ1) is 19.0. The molecule has 0 atom stereocenters. The van der Waals surface area contributed by atoms with Crippen molar-refractivity contribution in [3.63, 3.8) is 0 Å². The van der Waals surface area contributed by atoms with E-state index < -0.39 is 0 Å². The number of carbonyl (C=O) groups is 1. The predicted octanol–water partition coefficient (Wildman–Crippen LogP) is 10.9. The lowest BCUT2D eigenvalue weighted by molar-refractivity contribution is -0.301. The average molecular weight is 560 g/mol. The minimum Gasteiger partial charge on any atom is -0.872 e. The molecular weight excluding hydrogens is 500 g/mol. The Balaban J connectivity index is 0.000000309. The van der Waals surface area contributed by atoms with Crippen LogP contribution in [-0.2, 0) is 4.79 Å². The van der Waals surface area contributed by atoms with Gasteiger partial charge in [-0.25, -0.2) is 0 Å². The molecule has 228 valence electrons. The Morgan fingerprint density at radius 2 is 1.12 bits per heavy atom. The summed E-state index contributed by atoms with van der Waals surface area (Å²) in [6, 6.07) is 0. The van der Waals surface area contributed by atoms with Gasteiger partial charge in [0.05, 0.1) is 0 Å². The van der Waals surface area contributed by atoms with Gasteiger partial charge in [-0.2, -0.15) is 0 Å². The summed E-state index contributed by atoms with van der Waals surface area (Å²) in [6.07, 6.45) is 15.8. The second-order valence-electron chi connectivity index (χ2n) is 13.6. The Morgan fingerprint density at radius 3 is 1.49 bits per heavy atom. The summed E-state index contributed by atoms with van der Waals surface area (Å²) in [4.78, 5) is 11.3. The topological polar surface area (TPSA) is 40.1 Å². The number of ketones is 1. The van der Waals surface area contributed by atoms with E-state index in [0.717, 1.165) is 5.57 Å². The highest BCUT2D eigenvalue weighted by atomic mass is 16.3. The van der Waals surface area contributed by atoms with Crippen LogP contribution in [0.1, 0.15) is 129 Å². The minimum absolute atomic E-state index is 0.0463. The maximum atomic E-state index is 11.3. The number of carbonyl (C=O) groups excluding carboxylic acids is 1. The van der Waals surface area contributed by atoms with Gasteiger partial charge in [0.2, 0.25) is 0 Å². The van der Waals surface area contributed by atoms with Crippen LogP contribution in [0.2, 0.25) is 0 Å². The summed E-state index contributed by atoms with van der Waals surface area (Å²) in [6.45, 7) is 29.6. The van der Waals surface area contributed by atoms with Crippen LogP contribution < -0.4 is 5.11 Å². The average Bonchev–Trinajstić information content (AvgIpc) is 3.14. The summed E-state index contributed by atoms with van der Waals surface area (Å²) in [5, 5.41) is 11.3. The second kappa shape index (κ2) is 16.7. The molecule has 0 aliphatic heterocycles. The Hall–Kier alpha value is -2.61. The Labute approximate surface area is 253 Å². The molecule has 2 heteroatoms. The highest BCUT2D eigenvalue weighted by molar-refractivity contribution is 6.19. The molecule has 0 aromatic heterocycles. The Morgan fingerprint density at radius 1 is 0.683 bits per heavy atom. The maximum Gasteiger partial charge on any atom is 0.188 e. The zero-order valence-corrected chi connectivity index (χ0v) is 28.9. The first-order valence-corrected chi connectivity index (χ1v) is 15.7. The largest absolute Gasteiger partial charge is 0.872 e. The van der Waals surface area contributed by atoms with Crippen molar-refractivity contribution < 1.29 is 9.90 Å². The molecule has 0 N–H and O–H groups in total. The van der Waals surface area contributed by atoms with Crippen molar-refractivity contribution in [2.24, 2.45) is 17.8 Å². The Kier molecular flexibility index (Phi) is 14.9. The minimum atomic E-state index is -0.0463. The molecule has 2 nitrogen and oxygen atoms in total. The first kappa shape index (κ1) is 36.4. The van der Waals surface area contributed by atoms with Crippen LogP contribution in [0, 0.1) is 17.8 Å². The van der Waals surface area contributed by atoms with E-state index in [-0.39, 0.29) is 17.5 Å². The van der Waals surface area contributed by atoms with Crippen molar-refractivity contribution in [1.29, 1.82) is 0 Å². The van der Waals surface area contributed by atoms with Gasteiger partial charge in [-0.15, -0.1) is 0 Å². The zero-order valence-electron chi connectivity index (χ0n) is 28.9. The lowest BCUT2D eigenvalue weighted by Gasteiger charge is -2.33. The first-order valence-electron chi connectivity index (χ1n) is 15.7. The van der Waals surface area contributed by atoms with Crippen LogP contribution in [0.25, 0.3) is 0 Å². The third-order valence-electron chi connectivity index (χ3n) is 7.50. The van der Waals surface area contributed by atoms with Gasteiger partial charge in [0.25, 0.3) is 0 Å². The summed E-state index contributed by atoms with van der Waals surface area (Å²) >= 11 is 0. The van der Waals surface area contributed by atoms with Crippen molar-refractivity contribution in [1.82, 2.24) is 0 Å². The van der Waals surface area contributed by atoms with Gasteiger partial charge >= 0.3 is 0 Å². The molecule has 0 bridgehead atoms. The van der Waals surface area contributed by atoms with Gasteiger partial charge in [-0.05, 0) is 144 Å². The van der Waals surface area contributed by atoms with Crippen LogP contribution in [0.15, 0.2) is 91.4 Å². The lowest BCUT2D eigenvalue weighted by Crippen LogP contribution is -2.33. The fourth-order valence-electron chi connectivity index (χ4n) is 5.57. The fourth-order valence-corrected chi connectivity index (χ4v) is 5.57. The van der Waals surface area contributed by atoms with Crippen LogP contribution in [0.4, 0.5) is 0 Å². The van der Waals surface area contributed by atoms with E-state index in [0.29, 0.717) is 23.0 Å². The van der Waals surface area contributed by atoms with Gasteiger partial charge < -0.3 is 5.11 Å². The van der Waals surface area contributed by atoms with Crippen LogP contribution in [0.5, 0.6) is 0 Å². The smallest absolute Gasteiger partial charge is 0.188 e. The van der Waals surface area contributed by atoms with E-state index in [2.05, 4.69) is 93.5 Å². The monoisotopic (exact) mass is 559 g/mol. The predicted molar refractivity (Wildman–Crippen MR) is 178 cm³/mol. The summed E-state index contributed by atoms with van der Waals surface area (Å²) in [5.41, 5.74) is 13.8. The van der Waals surface area contributed by atoms with E-state index in [1.165, 1.54) is 60.0 Å².